The molecule has 0 aliphatic rings. The fourth-order valence-electron chi connectivity index (χ4n) is 2.15. The molecule has 0 fully saturated rings. The molecule has 0 aliphatic carbocycles. The van der Waals surface area contributed by atoms with Gasteiger partial charge in [-0.2, -0.15) is 0 Å². The Bertz CT molecular complexity index is 672. The van der Waals surface area contributed by atoms with Gasteiger partial charge in [-0.05, 0) is 29.7 Å². The van der Waals surface area contributed by atoms with Crippen molar-refractivity contribution >= 4 is 12.0 Å². The number of hydrogen-bond acceptors (Lipinski definition) is 3. The lowest BCUT2D eigenvalue weighted by atomic mass is 10.0. The van der Waals surface area contributed by atoms with E-state index in [1.807, 2.05) is 48.5 Å². The molecule has 2 aromatic carbocycles. The van der Waals surface area contributed by atoms with Gasteiger partial charge in [-0.3, -0.25) is 0 Å². The second kappa shape index (κ2) is 7.46. The molecule has 0 radical (unpaired) electrons. The van der Waals surface area contributed by atoms with Gasteiger partial charge in [-0.15, -0.1) is 0 Å². The van der Waals surface area contributed by atoms with Crippen molar-refractivity contribution in [3.8, 4) is 11.5 Å². The summed E-state index contributed by atoms with van der Waals surface area (Å²) >= 11 is 0. The van der Waals surface area contributed by atoms with Crippen molar-refractivity contribution in [1.82, 2.24) is 0 Å². The lowest BCUT2D eigenvalue weighted by Crippen LogP contribution is -2.06. The van der Waals surface area contributed by atoms with Gasteiger partial charge in [0.1, 0.15) is 11.5 Å². The number of benzene rings is 2. The van der Waals surface area contributed by atoms with Crippen LogP contribution in [0.25, 0.3) is 6.08 Å². The van der Waals surface area contributed by atoms with Crippen LogP contribution in [0.15, 0.2) is 54.6 Å². The van der Waals surface area contributed by atoms with Gasteiger partial charge in [0.05, 0.1) is 7.11 Å². The standard InChI is InChI=1S/C19H20O3/c1-14(2)16-9-5-7-11-18(16)22-19(20)13-12-15-8-4-6-10-17(15)21-3/h4-14H,1-3H3/b13-12+. The van der Waals surface area contributed by atoms with Crippen LogP contribution < -0.4 is 9.47 Å². The van der Waals surface area contributed by atoms with Crippen molar-refractivity contribution in [2.75, 3.05) is 7.11 Å². The molecule has 2 rings (SSSR count). The summed E-state index contributed by atoms with van der Waals surface area (Å²) < 4.78 is 10.7. The lowest BCUT2D eigenvalue weighted by molar-refractivity contribution is -0.128. The number of carbonyl (C=O) groups is 1. The van der Waals surface area contributed by atoms with E-state index in [9.17, 15) is 4.79 Å². The number of hydrogen-bond donors (Lipinski definition) is 0. The lowest BCUT2D eigenvalue weighted by Gasteiger charge is -2.11. The molecule has 0 heterocycles. The van der Waals surface area contributed by atoms with Gasteiger partial charge in [-0.1, -0.05) is 50.2 Å². The van der Waals surface area contributed by atoms with Gasteiger partial charge in [0.25, 0.3) is 0 Å². The third kappa shape index (κ3) is 3.98. The van der Waals surface area contributed by atoms with E-state index < -0.39 is 5.97 Å². The van der Waals surface area contributed by atoms with E-state index in [2.05, 4.69) is 13.8 Å². The second-order valence-corrected chi connectivity index (χ2v) is 5.19. The van der Waals surface area contributed by atoms with Crippen molar-refractivity contribution in [3.63, 3.8) is 0 Å². The predicted octanol–water partition coefficient (Wildman–Crippen LogP) is 4.44. The molecule has 22 heavy (non-hydrogen) atoms. The first-order chi connectivity index (χ1) is 10.6. The molecular formula is C19H20O3. The maximum atomic E-state index is 12.0. The SMILES string of the molecule is COc1ccccc1/C=C/C(=O)Oc1ccccc1C(C)C. The Morgan fingerprint density at radius 2 is 1.64 bits per heavy atom. The van der Waals surface area contributed by atoms with Crippen molar-refractivity contribution in [3.05, 3.63) is 65.7 Å². The summed E-state index contributed by atoms with van der Waals surface area (Å²) in [5, 5.41) is 0. The molecule has 0 saturated carbocycles. The molecule has 0 spiro atoms. The highest BCUT2D eigenvalue weighted by molar-refractivity contribution is 5.89. The summed E-state index contributed by atoms with van der Waals surface area (Å²) in [5.74, 6) is 1.21. The third-order valence-corrected chi connectivity index (χ3v) is 3.29. The average Bonchev–Trinajstić information content (AvgIpc) is 2.53. The number of carbonyl (C=O) groups excluding carboxylic acids is 1. The molecule has 2 aromatic rings. The van der Waals surface area contributed by atoms with Crippen molar-refractivity contribution in [2.45, 2.75) is 19.8 Å². The summed E-state index contributed by atoms with van der Waals surface area (Å²) in [5.41, 5.74) is 1.85. The Kier molecular flexibility index (Phi) is 5.37. The maximum absolute atomic E-state index is 12.0. The number of para-hydroxylation sites is 2. The minimum Gasteiger partial charge on any atom is -0.496 e. The Morgan fingerprint density at radius 1 is 1.00 bits per heavy atom. The number of methoxy groups -OCH3 is 1. The van der Waals surface area contributed by atoms with E-state index in [1.165, 1.54) is 6.08 Å². The maximum Gasteiger partial charge on any atom is 0.336 e. The Balaban J connectivity index is 2.12. The van der Waals surface area contributed by atoms with Crippen LogP contribution >= 0.6 is 0 Å². The minimum atomic E-state index is -0.404. The Labute approximate surface area is 131 Å². The first kappa shape index (κ1) is 15.8. The summed E-state index contributed by atoms with van der Waals surface area (Å²) in [7, 11) is 1.60. The van der Waals surface area contributed by atoms with Crippen molar-refractivity contribution < 1.29 is 14.3 Å². The minimum absolute atomic E-state index is 0.294. The van der Waals surface area contributed by atoms with Crippen molar-refractivity contribution in [1.29, 1.82) is 0 Å². The zero-order valence-electron chi connectivity index (χ0n) is 13.1. The Hall–Kier alpha value is -2.55. The molecule has 3 heteroatoms. The van der Waals surface area contributed by atoms with Crippen LogP contribution in [0, 0.1) is 0 Å². The van der Waals surface area contributed by atoms with Gasteiger partial charge < -0.3 is 9.47 Å². The fraction of sp³-hybridized carbons (Fsp3) is 0.211. The van der Waals surface area contributed by atoms with Gasteiger partial charge in [0.15, 0.2) is 0 Å². The summed E-state index contributed by atoms with van der Waals surface area (Å²) in [6, 6.07) is 15.1. The highest BCUT2D eigenvalue weighted by Gasteiger charge is 2.09. The first-order valence-electron chi connectivity index (χ1n) is 7.23. The molecule has 114 valence electrons. The normalized spacial score (nSPS) is 10.9. The number of ether oxygens (including phenoxy) is 2. The second-order valence-electron chi connectivity index (χ2n) is 5.19. The molecular weight excluding hydrogens is 276 g/mol. The van der Waals surface area contributed by atoms with Crippen LogP contribution in [0.2, 0.25) is 0 Å². The van der Waals surface area contributed by atoms with Gasteiger partial charge in [-0.25, -0.2) is 4.79 Å². The molecule has 0 amide bonds. The number of esters is 1. The molecule has 3 nitrogen and oxygen atoms in total. The van der Waals surface area contributed by atoms with Crippen LogP contribution in [0.5, 0.6) is 11.5 Å². The number of rotatable bonds is 5. The smallest absolute Gasteiger partial charge is 0.336 e. The zero-order chi connectivity index (χ0) is 15.9. The van der Waals surface area contributed by atoms with Crippen LogP contribution in [0.4, 0.5) is 0 Å². The summed E-state index contributed by atoms with van der Waals surface area (Å²) in [6.45, 7) is 4.13. The van der Waals surface area contributed by atoms with E-state index in [-0.39, 0.29) is 0 Å². The highest BCUT2D eigenvalue weighted by Crippen LogP contribution is 2.26. The van der Waals surface area contributed by atoms with Crippen LogP contribution in [-0.4, -0.2) is 13.1 Å². The molecule has 0 aliphatic heterocycles. The third-order valence-electron chi connectivity index (χ3n) is 3.29. The van der Waals surface area contributed by atoms with E-state index >= 15 is 0 Å². The van der Waals surface area contributed by atoms with Crippen LogP contribution in [-0.2, 0) is 4.79 Å². The van der Waals surface area contributed by atoms with Gasteiger partial charge >= 0.3 is 5.97 Å². The highest BCUT2D eigenvalue weighted by atomic mass is 16.5. The fourth-order valence-corrected chi connectivity index (χ4v) is 2.15. The van der Waals surface area contributed by atoms with Gasteiger partial charge in [0.2, 0.25) is 0 Å². The molecule has 0 saturated heterocycles. The van der Waals surface area contributed by atoms with E-state index in [1.54, 1.807) is 13.2 Å². The topological polar surface area (TPSA) is 35.5 Å². The van der Waals surface area contributed by atoms with E-state index in [4.69, 9.17) is 9.47 Å². The van der Waals surface area contributed by atoms with Gasteiger partial charge in [0, 0.05) is 11.6 Å². The summed E-state index contributed by atoms with van der Waals surface area (Å²) in [4.78, 5) is 12.0. The first-order valence-corrected chi connectivity index (χ1v) is 7.23. The molecule has 0 atom stereocenters. The monoisotopic (exact) mass is 296 g/mol. The molecule has 0 N–H and O–H groups in total. The van der Waals surface area contributed by atoms with Crippen LogP contribution in [0.3, 0.4) is 0 Å². The van der Waals surface area contributed by atoms with E-state index in [0.29, 0.717) is 17.4 Å². The zero-order valence-corrected chi connectivity index (χ0v) is 13.1. The summed E-state index contributed by atoms with van der Waals surface area (Å²) in [6.07, 6.45) is 3.11. The van der Waals surface area contributed by atoms with E-state index in [0.717, 1.165) is 11.1 Å². The quantitative estimate of drug-likeness (QED) is 0.465. The average molecular weight is 296 g/mol. The molecule has 0 aromatic heterocycles. The molecule has 0 bridgehead atoms. The predicted molar refractivity (Wildman–Crippen MR) is 88.2 cm³/mol. The molecule has 0 unspecified atom stereocenters. The largest absolute Gasteiger partial charge is 0.496 e. The van der Waals surface area contributed by atoms with Crippen LogP contribution in [0.1, 0.15) is 30.9 Å². The Morgan fingerprint density at radius 3 is 2.32 bits per heavy atom. The van der Waals surface area contributed by atoms with Crippen molar-refractivity contribution in [2.24, 2.45) is 0 Å².